The van der Waals surface area contributed by atoms with Crippen LogP contribution in [-0.4, -0.2) is 18.9 Å². The van der Waals surface area contributed by atoms with E-state index in [1.807, 2.05) is 0 Å². The molecule has 0 aliphatic rings. The van der Waals surface area contributed by atoms with Gasteiger partial charge in [-0.2, -0.15) is 0 Å². The molecule has 1 aromatic rings. The highest BCUT2D eigenvalue weighted by atomic mass is 35.5. The monoisotopic (exact) mass is 382 g/mol. The van der Waals surface area contributed by atoms with Gasteiger partial charge in [0, 0.05) is 5.56 Å². The Labute approximate surface area is 161 Å². The molecule has 2 amide bonds. The van der Waals surface area contributed by atoms with Crippen molar-refractivity contribution >= 4 is 29.6 Å². The molecule has 0 unspecified atom stereocenters. The summed E-state index contributed by atoms with van der Waals surface area (Å²) >= 11 is 5.92. The quantitative estimate of drug-likeness (QED) is 0.239. The van der Waals surface area contributed by atoms with Crippen LogP contribution in [0.25, 0.3) is 0 Å². The van der Waals surface area contributed by atoms with Crippen molar-refractivity contribution in [1.29, 1.82) is 0 Å². The molecule has 0 saturated carbocycles. The summed E-state index contributed by atoms with van der Waals surface area (Å²) in [6.45, 7) is 2.73. The van der Waals surface area contributed by atoms with Crippen molar-refractivity contribution < 1.29 is 14.4 Å². The Kier molecular flexibility index (Phi) is 12.6. The van der Waals surface area contributed by atoms with E-state index in [9.17, 15) is 9.59 Å². The zero-order valence-corrected chi connectivity index (χ0v) is 16.4. The van der Waals surface area contributed by atoms with E-state index >= 15 is 0 Å². The molecule has 146 valence electrons. The van der Waals surface area contributed by atoms with Crippen molar-refractivity contribution in [1.82, 2.24) is 5.48 Å². The largest absolute Gasteiger partial charge is 0.327 e. The molecule has 1 rings (SSSR count). The Morgan fingerprint density at radius 2 is 1.65 bits per heavy atom. The normalized spacial score (nSPS) is 10.5. The molecule has 0 aliphatic heterocycles. The van der Waals surface area contributed by atoms with E-state index in [1.54, 1.807) is 12.1 Å². The van der Waals surface area contributed by atoms with Crippen LogP contribution in [0.5, 0.6) is 0 Å². The molecule has 2 N–H and O–H groups in total. The molecule has 0 fully saturated rings. The minimum absolute atomic E-state index is 0.359. The van der Waals surface area contributed by atoms with Crippen LogP contribution in [0.3, 0.4) is 0 Å². The maximum atomic E-state index is 12.0. The minimum Gasteiger partial charge on any atom is -0.327 e. The third-order valence-corrected chi connectivity index (χ3v) is 4.54. The maximum Gasteiger partial charge on any atom is 0.274 e. The Morgan fingerprint density at radius 3 is 2.27 bits per heavy atom. The minimum atomic E-state index is -0.359. The van der Waals surface area contributed by atoms with Crippen molar-refractivity contribution in [3.05, 3.63) is 28.8 Å². The number of hydroxylamine groups is 1. The van der Waals surface area contributed by atoms with Gasteiger partial charge in [-0.05, 0) is 24.6 Å². The van der Waals surface area contributed by atoms with E-state index in [2.05, 4.69) is 17.7 Å². The summed E-state index contributed by atoms with van der Waals surface area (Å²) in [5.41, 5.74) is 3.19. The first-order valence-electron chi connectivity index (χ1n) is 9.61. The molecule has 1 aromatic carbocycles. The standard InChI is InChI=1S/C20H31ClN2O3/c1-2-3-4-5-6-7-8-9-10-11-14-26-23-20(25)17-12-13-18(21)19(15-17)22-16-24/h12-13,15-16H,2-11,14H2,1H3,(H,22,24)(H,23,25). The van der Waals surface area contributed by atoms with E-state index < -0.39 is 0 Å². The number of halogens is 1. The zero-order valence-electron chi connectivity index (χ0n) is 15.7. The van der Waals surface area contributed by atoms with Gasteiger partial charge >= 0.3 is 0 Å². The highest BCUT2D eigenvalue weighted by molar-refractivity contribution is 6.33. The lowest BCUT2D eigenvalue weighted by Crippen LogP contribution is -2.24. The molecule has 0 saturated heterocycles. The summed E-state index contributed by atoms with van der Waals surface area (Å²) in [7, 11) is 0. The van der Waals surface area contributed by atoms with E-state index in [1.165, 1.54) is 57.4 Å². The van der Waals surface area contributed by atoms with Crippen LogP contribution < -0.4 is 10.8 Å². The van der Waals surface area contributed by atoms with Crippen LogP contribution in [0.4, 0.5) is 5.69 Å². The molecule has 0 bridgehead atoms. The highest BCUT2D eigenvalue weighted by Gasteiger charge is 2.08. The summed E-state index contributed by atoms with van der Waals surface area (Å²) < 4.78 is 0. The molecule has 0 radical (unpaired) electrons. The van der Waals surface area contributed by atoms with Gasteiger partial charge in [-0.1, -0.05) is 76.3 Å². The van der Waals surface area contributed by atoms with Crippen molar-refractivity contribution in [3.8, 4) is 0 Å². The van der Waals surface area contributed by atoms with Gasteiger partial charge in [0.2, 0.25) is 6.41 Å². The van der Waals surface area contributed by atoms with Crippen molar-refractivity contribution in [2.75, 3.05) is 11.9 Å². The van der Waals surface area contributed by atoms with Gasteiger partial charge in [-0.25, -0.2) is 5.48 Å². The van der Waals surface area contributed by atoms with Gasteiger partial charge in [-0.15, -0.1) is 0 Å². The lowest BCUT2D eigenvalue weighted by atomic mass is 10.1. The summed E-state index contributed by atoms with van der Waals surface area (Å²) in [5.74, 6) is -0.359. The third-order valence-electron chi connectivity index (χ3n) is 4.21. The summed E-state index contributed by atoms with van der Waals surface area (Å²) in [6, 6.07) is 4.65. The fourth-order valence-electron chi connectivity index (χ4n) is 2.68. The second-order valence-corrected chi connectivity index (χ2v) is 6.83. The maximum absolute atomic E-state index is 12.0. The Bertz CT molecular complexity index is 538. The molecule has 5 nitrogen and oxygen atoms in total. The van der Waals surface area contributed by atoms with E-state index in [0.29, 0.717) is 29.3 Å². The molecule has 0 heterocycles. The topological polar surface area (TPSA) is 67.4 Å². The molecular formula is C20H31ClN2O3. The fraction of sp³-hybridized carbons (Fsp3) is 0.600. The number of anilines is 1. The van der Waals surface area contributed by atoms with E-state index in [4.69, 9.17) is 16.4 Å². The number of carbonyl (C=O) groups is 2. The third kappa shape index (κ3) is 9.78. The highest BCUT2D eigenvalue weighted by Crippen LogP contribution is 2.22. The van der Waals surface area contributed by atoms with E-state index in [-0.39, 0.29) is 5.91 Å². The first-order chi connectivity index (χ1) is 12.7. The van der Waals surface area contributed by atoms with Gasteiger partial charge < -0.3 is 5.32 Å². The molecule has 26 heavy (non-hydrogen) atoms. The summed E-state index contributed by atoms with van der Waals surface area (Å²) in [4.78, 5) is 27.7. The number of benzene rings is 1. The second kappa shape index (κ2) is 14.6. The fourth-order valence-corrected chi connectivity index (χ4v) is 2.85. The van der Waals surface area contributed by atoms with Crippen LogP contribution in [0.15, 0.2) is 18.2 Å². The molecule has 0 atom stereocenters. The number of hydrogen-bond donors (Lipinski definition) is 2. The SMILES string of the molecule is CCCCCCCCCCCCONC(=O)c1ccc(Cl)c(NC=O)c1. The summed E-state index contributed by atoms with van der Waals surface area (Å²) in [5, 5.41) is 2.83. The number of unbranched alkanes of at least 4 members (excludes halogenated alkanes) is 9. The smallest absolute Gasteiger partial charge is 0.274 e. The molecular weight excluding hydrogens is 352 g/mol. The number of carbonyl (C=O) groups excluding carboxylic acids is 2. The lowest BCUT2D eigenvalue weighted by molar-refractivity contribution is -0.105. The first kappa shape index (κ1) is 22.5. The van der Waals surface area contributed by atoms with Crippen LogP contribution in [0, 0.1) is 0 Å². The van der Waals surface area contributed by atoms with Crippen molar-refractivity contribution in [2.24, 2.45) is 0 Å². The first-order valence-corrected chi connectivity index (χ1v) is 9.98. The molecule has 0 spiro atoms. The van der Waals surface area contributed by atoms with Crippen molar-refractivity contribution in [3.63, 3.8) is 0 Å². The van der Waals surface area contributed by atoms with Crippen LogP contribution in [0.1, 0.15) is 81.5 Å². The average molecular weight is 383 g/mol. The molecule has 0 aliphatic carbocycles. The summed E-state index contributed by atoms with van der Waals surface area (Å²) in [6.07, 6.45) is 13.1. The van der Waals surface area contributed by atoms with Crippen LogP contribution in [-0.2, 0) is 9.63 Å². The van der Waals surface area contributed by atoms with Gasteiger partial charge in [0.25, 0.3) is 5.91 Å². The van der Waals surface area contributed by atoms with Gasteiger partial charge in [-0.3, -0.25) is 14.4 Å². The van der Waals surface area contributed by atoms with Gasteiger partial charge in [0.1, 0.15) is 0 Å². The number of amides is 2. The average Bonchev–Trinajstić information content (AvgIpc) is 2.64. The number of hydrogen-bond acceptors (Lipinski definition) is 3. The Balaban J connectivity index is 2.06. The Hall–Kier alpha value is -1.59. The van der Waals surface area contributed by atoms with Gasteiger partial charge in [0.05, 0.1) is 17.3 Å². The van der Waals surface area contributed by atoms with Crippen LogP contribution >= 0.6 is 11.6 Å². The van der Waals surface area contributed by atoms with Crippen molar-refractivity contribution in [2.45, 2.75) is 71.1 Å². The molecule has 6 heteroatoms. The number of rotatable bonds is 15. The van der Waals surface area contributed by atoms with Crippen LogP contribution in [0.2, 0.25) is 5.02 Å². The Morgan fingerprint density at radius 1 is 1.04 bits per heavy atom. The molecule has 0 aromatic heterocycles. The predicted molar refractivity (Wildman–Crippen MR) is 106 cm³/mol. The van der Waals surface area contributed by atoms with Gasteiger partial charge in [0.15, 0.2) is 0 Å². The number of nitrogens with one attached hydrogen (secondary N) is 2. The van der Waals surface area contributed by atoms with E-state index in [0.717, 1.165) is 12.8 Å². The predicted octanol–water partition coefficient (Wildman–Crippen LogP) is 5.49. The lowest BCUT2D eigenvalue weighted by Gasteiger charge is -2.08. The zero-order chi connectivity index (χ0) is 19.0. The second-order valence-electron chi connectivity index (χ2n) is 6.42.